The van der Waals surface area contributed by atoms with Crippen LogP contribution in [0.4, 0.5) is 0 Å². The van der Waals surface area contributed by atoms with E-state index >= 15 is 0 Å². The summed E-state index contributed by atoms with van der Waals surface area (Å²) in [4.78, 5) is 12.3. The van der Waals surface area contributed by atoms with Gasteiger partial charge in [-0.1, -0.05) is 35.5 Å². The highest BCUT2D eigenvalue weighted by molar-refractivity contribution is 7.98. The molecule has 0 aliphatic carbocycles. The Balaban J connectivity index is 1.86. The first-order chi connectivity index (χ1) is 9.83. The van der Waals surface area contributed by atoms with Crippen molar-refractivity contribution in [3.05, 3.63) is 57.4 Å². The van der Waals surface area contributed by atoms with Gasteiger partial charge in [-0.05, 0) is 5.56 Å². The highest BCUT2D eigenvalue weighted by atomic mass is 32.2. The van der Waals surface area contributed by atoms with Crippen LogP contribution in [0.2, 0.25) is 0 Å². The van der Waals surface area contributed by atoms with Crippen molar-refractivity contribution in [2.75, 3.05) is 0 Å². The molecule has 1 aromatic carbocycles. The van der Waals surface area contributed by atoms with Crippen molar-refractivity contribution in [3.8, 4) is 0 Å². The van der Waals surface area contributed by atoms with Crippen molar-refractivity contribution < 1.29 is 4.42 Å². The number of hydrogen-bond donors (Lipinski definition) is 0. The summed E-state index contributed by atoms with van der Waals surface area (Å²) in [7, 11) is 0. The molecule has 0 unspecified atom stereocenters. The van der Waals surface area contributed by atoms with Gasteiger partial charge < -0.3 is 4.42 Å². The van der Waals surface area contributed by atoms with Gasteiger partial charge in [0.15, 0.2) is 5.52 Å². The van der Waals surface area contributed by atoms with Crippen molar-refractivity contribution in [1.82, 2.24) is 15.0 Å². The van der Waals surface area contributed by atoms with Gasteiger partial charge in [-0.25, -0.2) is 4.68 Å². The van der Waals surface area contributed by atoms with E-state index in [1.165, 1.54) is 0 Å². The molecule has 4 rings (SSSR count). The molecule has 20 heavy (non-hydrogen) atoms. The van der Waals surface area contributed by atoms with E-state index in [4.69, 9.17) is 4.42 Å². The molecule has 0 bridgehead atoms. The van der Waals surface area contributed by atoms with E-state index in [2.05, 4.69) is 10.3 Å². The van der Waals surface area contributed by atoms with Crippen molar-refractivity contribution >= 4 is 23.0 Å². The van der Waals surface area contributed by atoms with Crippen LogP contribution in [-0.2, 0) is 18.1 Å². The molecule has 3 aromatic rings. The summed E-state index contributed by atoms with van der Waals surface area (Å²) in [5.41, 5.74) is 2.61. The van der Waals surface area contributed by atoms with Crippen LogP contribution in [-0.4, -0.2) is 15.0 Å². The van der Waals surface area contributed by atoms with Crippen LogP contribution in [0.15, 0.2) is 39.5 Å². The lowest BCUT2D eigenvalue weighted by molar-refractivity contribution is 0.509. The first-order valence-electron chi connectivity index (χ1n) is 6.32. The fourth-order valence-electron chi connectivity index (χ4n) is 2.36. The van der Waals surface area contributed by atoms with Crippen LogP contribution >= 0.6 is 11.8 Å². The molecular formula is C14H11N3O2S. The third-order valence-electron chi connectivity index (χ3n) is 3.39. The quantitative estimate of drug-likeness (QED) is 0.722. The molecule has 0 saturated heterocycles. The normalized spacial score (nSPS) is 13.8. The van der Waals surface area contributed by atoms with Crippen LogP contribution < -0.4 is 5.43 Å². The molecule has 0 N–H and O–H groups in total. The predicted molar refractivity (Wildman–Crippen MR) is 76.6 cm³/mol. The summed E-state index contributed by atoms with van der Waals surface area (Å²) in [5, 5.41) is 8.05. The molecule has 0 spiro atoms. The third-order valence-corrected chi connectivity index (χ3v) is 4.35. The van der Waals surface area contributed by atoms with E-state index in [1.807, 2.05) is 30.3 Å². The topological polar surface area (TPSA) is 60.9 Å². The predicted octanol–water partition coefficient (Wildman–Crippen LogP) is 2.18. The monoisotopic (exact) mass is 285 g/mol. The Morgan fingerprint density at radius 2 is 2.10 bits per heavy atom. The maximum atomic E-state index is 12.3. The fraction of sp³-hybridized carbons (Fsp3) is 0.214. The highest BCUT2D eigenvalue weighted by Gasteiger charge is 2.23. The average Bonchev–Trinajstić information content (AvgIpc) is 3.08. The summed E-state index contributed by atoms with van der Waals surface area (Å²) in [5.74, 6) is 2.22. The second-order valence-electron chi connectivity index (χ2n) is 4.71. The SMILES string of the molecule is O=c1c2c(oc3c1nnn3Cc1ccccc1)CSC2. The lowest BCUT2D eigenvalue weighted by atomic mass is 10.2. The zero-order valence-corrected chi connectivity index (χ0v) is 11.4. The average molecular weight is 285 g/mol. The summed E-state index contributed by atoms with van der Waals surface area (Å²) < 4.78 is 7.49. The van der Waals surface area contributed by atoms with E-state index in [0.717, 1.165) is 22.6 Å². The molecule has 6 heteroatoms. The van der Waals surface area contributed by atoms with Gasteiger partial charge in [0, 0.05) is 5.75 Å². The van der Waals surface area contributed by atoms with Gasteiger partial charge in [0.1, 0.15) is 5.76 Å². The Morgan fingerprint density at radius 3 is 2.95 bits per heavy atom. The largest absolute Gasteiger partial charge is 0.440 e. The van der Waals surface area contributed by atoms with Gasteiger partial charge in [0.05, 0.1) is 17.9 Å². The Bertz CT molecular complexity index is 839. The second-order valence-corrected chi connectivity index (χ2v) is 5.70. The van der Waals surface area contributed by atoms with E-state index in [-0.39, 0.29) is 5.43 Å². The second kappa shape index (κ2) is 4.49. The minimum Gasteiger partial charge on any atom is -0.440 e. The fourth-order valence-corrected chi connectivity index (χ4v) is 3.38. The van der Waals surface area contributed by atoms with E-state index in [9.17, 15) is 4.79 Å². The number of benzene rings is 1. The van der Waals surface area contributed by atoms with Crippen LogP contribution in [0, 0.1) is 0 Å². The van der Waals surface area contributed by atoms with E-state index in [1.54, 1.807) is 16.4 Å². The summed E-state index contributed by atoms with van der Waals surface area (Å²) in [6.07, 6.45) is 0. The molecule has 2 aromatic heterocycles. The minimum atomic E-state index is -0.0365. The Morgan fingerprint density at radius 1 is 1.25 bits per heavy atom. The molecule has 5 nitrogen and oxygen atoms in total. The van der Waals surface area contributed by atoms with Gasteiger partial charge in [-0.2, -0.15) is 0 Å². The molecule has 3 heterocycles. The molecule has 0 saturated carbocycles. The summed E-state index contributed by atoms with van der Waals surface area (Å²) in [6, 6.07) is 9.93. The van der Waals surface area contributed by atoms with Crippen LogP contribution in [0.1, 0.15) is 16.9 Å². The Hall–Kier alpha value is -2.08. The Labute approximate surface area is 118 Å². The molecule has 0 atom stereocenters. The maximum Gasteiger partial charge on any atom is 0.249 e. The Kier molecular flexibility index (Phi) is 2.63. The third kappa shape index (κ3) is 1.76. The number of thioether (sulfide) groups is 1. The van der Waals surface area contributed by atoms with Gasteiger partial charge in [-0.15, -0.1) is 16.9 Å². The first kappa shape index (κ1) is 11.7. The molecule has 0 fully saturated rings. The number of nitrogens with zero attached hydrogens (tertiary/aromatic N) is 3. The number of rotatable bonds is 2. The lowest BCUT2D eigenvalue weighted by Crippen LogP contribution is -2.09. The molecule has 1 aliphatic rings. The van der Waals surface area contributed by atoms with Gasteiger partial charge in [-0.3, -0.25) is 4.79 Å². The zero-order valence-electron chi connectivity index (χ0n) is 10.6. The maximum absolute atomic E-state index is 12.3. The van der Waals surface area contributed by atoms with Crippen molar-refractivity contribution in [1.29, 1.82) is 0 Å². The molecule has 0 amide bonds. The van der Waals surface area contributed by atoms with Crippen molar-refractivity contribution in [2.45, 2.75) is 18.1 Å². The van der Waals surface area contributed by atoms with E-state index in [0.29, 0.717) is 23.5 Å². The molecular weight excluding hydrogens is 274 g/mol. The summed E-state index contributed by atoms with van der Waals surface area (Å²) in [6.45, 7) is 0.548. The van der Waals surface area contributed by atoms with Crippen LogP contribution in [0.25, 0.3) is 11.2 Å². The van der Waals surface area contributed by atoms with Crippen LogP contribution in [0.5, 0.6) is 0 Å². The van der Waals surface area contributed by atoms with Gasteiger partial charge >= 0.3 is 0 Å². The molecule has 0 radical (unpaired) electrons. The van der Waals surface area contributed by atoms with Crippen molar-refractivity contribution in [3.63, 3.8) is 0 Å². The van der Waals surface area contributed by atoms with Crippen LogP contribution in [0.3, 0.4) is 0 Å². The number of fused-ring (bicyclic) bond motifs is 2. The number of aromatic nitrogens is 3. The van der Waals surface area contributed by atoms with Crippen molar-refractivity contribution in [2.24, 2.45) is 0 Å². The van der Waals surface area contributed by atoms with E-state index < -0.39 is 0 Å². The minimum absolute atomic E-state index is 0.0365. The smallest absolute Gasteiger partial charge is 0.249 e. The molecule has 1 aliphatic heterocycles. The molecule has 100 valence electrons. The lowest BCUT2D eigenvalue weighted by Gasteiger charge is -2.02. The number of hydrogen-bond acceptors (Lipinski definition) is 5. The zero-order chi connectivity index (χ0) is 13.5. The standard InChI is InChI=1S/C14H11N3O2S/c18-13-10-7-20-8-11(10)19-14-12(13)15-16-17(14)6-9-4-2-1-3-5-9/h1-5H,6-8H2. The van der Waals surface area contributed by atoms with Gasteiger partial charge in [0.25, 0.3) is 0 Å². The highest BCUT2D eigenvalue weighted by Crippen LogP contribution is 2.29. The first-order valence-corrected chi connectivity index (χ1v) is 7.48. The summed E-state index contributed by atoms with van der Waals surface area (Å²) >= 11 is 1.69. The van der Waals surface area contributed by atoms with Gasteiger partial charge in [0.2, 0.25) is 11.1 Å².